The molecule has 0 bridgehead atoms. The summed E-state index contributed by atoms with van der Waals surface area (Å²) in [7, 11) is 0. The van der Waals surface area contributed by atoms with Crippen LogP contribution in [-0.2, 0) is 17.5 Å². The number of ether oxygens (including phenoxy) is 1. The van der Waals surface area contributed by atoms with Gasteiger partial charge in [-0.3, -0.25) is 9.78 Å². The molecule has 0 aliphatic carbocycles. The Morgan fingerprint density at radius 1 is 1.03 bits per heavy atom. The summed E-state index contributed by atoms with van der Waals surface area (Å²) in [6.45, 7) is 5.60. The fourth-order valence-corrected chi connectivity index (χ4v) is 3.41. The maximum Gasteiger partial charge on any atom is 0.416 e. The third-order valence-corrected chi connectivity index (χ3v) is 5.63. The second-order valence-corrected chi connectivity index (χ2v) is 8.78. The first kappa shape index (κ1) is 27.0. The van der Waals surface area contributed by atoms with Crippen LogP contribution in [0.5, 0.6) is 5.75 Å². The van der Waals surface area contributed by atoms with E-state index in [1.54, 1.807) is 18.3 Å². The number of carboxylic acids is 1. The molecule has 1 aromatic heterocycles. The second-order valence-electron chi connectivity index (χ2n) is 8.78. The zero-order valence-electron chi connectivity index (χ0n) is 20.2. The van der Waals surface area contributed by atoms with E-state index in [0.29, 0.717) is 36.7 Å². The van der Waals surface area contributed by atoms with Crippen molar-refractivity contribution in [2.45, 2.75) is 39.0 Å². The van der Waals surface area contributed by atoms with Gasteiger partial charge in [-0.15, -0.1) is 0 Å². The lowest BCUT2D eigenvalue weighted by Crippen LogP contribution is -2.32. The Labute approximate surface area is 208 Å². The van der Waals surface area contributed by atoms with Crippen molar-refractivity contribution in [3.63, 3.8) is 0 Å². The predicted molar refractivity (Wildman–Crippen MR) is 133 cm³/mol. The van der Waals surface area contributed by atoms with Crippen molar-refractivity contribution in [2.24, 2.45) is 5.92 Å². The van der Waals surface area contributed by atoms with Gasteiger partial charge in [0.2, 0.25) is 0 Å². The van der Waals surface area contributed by atoms with E-state index in [2.05, 4.69) is 29.5 Å². The van der Waals surface area contributed by atoms with Crippen LogP contribution < -0.4 is 15.4 Å². The molecule has 0 amide bonds. The van der Waals surface area contributed by atoms with E-state index in [9.17, 15) is 18.0 Å². The molecule has 3 rings (SSSR count). The number of carboxylic acid groups (broad SMARTS) is 1. The summed E-state index contributed by atoms with van der Waals surface area (Å²) in [5, 5.41) is 15.3. The van der Waals surface area contributed by atoms with Crippen LogP contribution in [0.1, 0.15) is 31.4 Å². The third-order valence-electron chi connectivity index (χ3n) is 5.63. The molecule has 0 fully saturated rings. The van der Waals surface area contributed by atoms with E-state index in [-0.39, 0.29) is 18.4 Å². The van der Waals surface area contributed by atoms with Crippen LogP contribution in [0.4, 0.5) is 18.9 Å². The highest BCUT2D eigenvalue weighted by molar-refractivity contribution is 5.66. The Balaban J connectivity index is 1.53. The molecule has 0 saturated heterocycles. The highest BCUT2D eigenvalue weighted by Gasteiger charge is 2.30. The number of nitrogens with one attached hydrogen (secondary N) is 2. The van der Waals surface area contributed by atoms with Gasteiger partial charge in [-0.25, -0.2) is 0 Å². The highest BCUT2D eigenvalue weighted by Crippen LogP contribution is 2.30. The van der Waals surface area contributed by atoms with Gasteiger partial charge in [-0.2, -0.15) is 13.2 Å². The van der Waals surface area contributed by atoms with Gasteiger partial charge >= 0.3 is 12.1 Å². The molecule has 2 aromatic carbocycles. The van der Waals surface area contributed by atoms with Gasteiger partial charge in [-0.1, -0.05) is 38.1 Å². The number of benzene rings is 2. The van der Waals surface area contributed by atoms with Gasteiger partial charge in [0.15, 0.2) is 0 Å². The lowest BCUT2D eigenvalue weighted by molar-refractivity contribution is -0.138. The van der Waals surface area contributed by atoms with Crippen LogP contribution in [0.2, 0.25) is 0 Å². The number of aliphatic carboxylic acids is 1. The number of halogens is 3. The summed E-state index contributed by atoms with van der Waals surface area (Å²) in [6, 6.07) is 16.3. The fourth-order valence-electron chi connectivity index (χ4n) is 3.41. The lowest BCUT2D eigenvalue weighted by Gasteiger charge is -2.24. The highest BCUT2D eigenvalue weighted by atomic mass is 19.4. The number of alkyl halides is 3. The van der Waals surface area contributed by atoms with Crippen LogP contribution in [0.15, 0.2) is 66.9 Å². The monoisotopic (exact) mass is 501 g/mol. The van der Waals surface area contributed by atoms with Gasteiger partial charge in [0, 0.05) is 24.3 Å². The molecule has 9 heteroatoms. The maximum atomic E-state index is 12.8. The molecule has 0 aliphatic rings. The summed E-state index contributed by atoms with van der Waals surface area (Å²) in [4.78, 5) is 14.9. The lowest BCUT2D eigenvalue weighted by atomic mass is 10.0. The Morgan fingerprint density at radius 2 is 1.72 bits per heavy atom. The van der Waals surface area contributed by atoms with Gasteiger partial charge in [-0.05, 0) is 47.9 Å². The largest absolute Gasteiger partial charge is 0.490 e. The normalized spacial score (nSPS) is 12.4. The first-order chi connectivity index (χ1) is 17.1. The van der Waals surface area contributed by atoms with Gasteiger partial charge < -0.3 is 20.5 Å². The number of pyridine rings is 1. The Bertz CT molecular complexity index is 1100. The molecule has 0 radical (unpaired) electrons. The number of aromatic nitrogens is 1. The SMILES string of the molecule is CC(C)[C@@H](COc1ccc(-c2ccc(C(F)(F)F)cc2)nc1)Nc1ccc(CNCCC(=O)O)cc1. The predicted octanol–water partition coefficient (Wildman–Crippen LogP) is 5.85. The topological polar surface area (TPSA) is 83.5 Å². The second kappa shape index (κ2) is 12.4. The van der Waals surface area contributed by atoms with Crippen molar-refractivity contribution in [3.8, 4) is 17.0 Å². The first-order valence-corrected chi connectivity index (χ1v) is 11.7. The fraction of sp³-hybridized carbons (Fsp3) is 0.333. The average Bonchev–Trinajstić information content (AvgIpc) is 2.85. The molecule has 3 aromatic rings. The van der Waals surface area contributed by atoms with E-state index >= 15 is 0 Å². The van der Waals surface area contributed by atoms with Crippen molar-refractivity contribution < 1.29 is 27.8 Å². The zero-order chi connectivity index (χ0) is 26.1. The number of hydrogen-bond donors (Lipinski definition) is 3. The summed E-state index contributed by atoms with van der Waals surface area (Å²) >= 11 is 0. The van der Waals surface area contributed by atoms with E-state index in [1.807, 2.05) is 24.3 Å². The number of carbonyl (C=O) groups is 1. The van der Waals surface area contributed by atoms with Crippen LogP contribution >= 0.6 is 0 Å². The van der Waals surface area contributed by atoms with Crippen LogP contribution in [0, 0.1) is 5.92 Å². The molecule has 192 valence electrons. The minimum atomic E-state index is -4.37. The minimum absolute atomic E-state index is 0.0270. The first-order valence-electron chi connectivity index (χ1n) is 11.7. The van der Waals surface area contributed by atoms with Crippen molar-refractivity contribution in [1.82, 2.24) is 10.3 Å². The summed E-state index contributed by atoms with van der Waals surface area (Å²) < 4.78 is 44.2. The Morgan fingerprint density at radius 3 is 2.28 bits per heavy atom. The van der Waals surface area contributed by atoms with E-state index in [1.165, 1.54) is 12.1 Å². The summed E-state index contributed by atoms with van der Waals surface area (Å²) in [6.07, 6.45) is -2.72. The van der Waals surface area contributed by atoms with E-state index in [4.69, 9.17) is 9.84 Å². The van der Waals surface area contributed by atoms with Gasteiger partial charge in [0.1, 0.15) is 12.4 Å². The number of rotatable bonds is 12. The Kier molecular flexibility index (Phi) is 9.30. The molecule has 1 heterocycles. The smallest absolute Gasteiger partial charge is 0.416 e. The summed E-state index contributed by atoms with van der Waals surface area (Å²) in [5.74, 6) is 0.0255. The van der Waals surface area contributed by atoms with Crippen molar-refractivity contribution in [3.05, 3.63) is 78.0 Å². The zero-order valence-corrected chi connectivity index (χ0v) is 20.2. The van der Waals surface area contributed by atoms with Crippen molar-refractivity contribution >= 4 is 11.7 Å². The maximum absolute atomic E-state index is 12.8. The number of anilines is 1. The number of hydrogen-bond acceptors (Lipinski definition) is 5. The van der Waals surface area contributed by atoms with Crippen LogP contribution in [-0.4, -0.2) is 35.3 Å². The third kappa shape index (κ3) is 8.27. The average molecular weight is 502 g/mol. The molecular formula is C27H30F3N3O3. The number of nitrogens with zero attached hydrogens (tertiary/aromatic N) is 1. The van der Waals surface area contributed by atoms with E-state index < -0.39 is 17.7 Å². The molecule has 1 atom stereocenters. The molecule has 36 heavy (non-hydrogen) atoms. The molecular weight excluding hydrogens is 471 g/mol. The molecule has 3 N–H and O–H groups in total. The minimum Gasteiger partial charge on any atom is -0.490 e. The standard InChI is InChI=1S/C27H30F3N3O3/c1-18(2)25(33-22-9-3-19(4-10-22)15-31-14-13-26(34)35)17-36-23-11-12-24(32-16-23)20-5-7-21(8-6-20)27(28,29)30/h3-12,16,18,25,31,33H,13-15,17H2,1-2H3,(H,34,35)/t25-/m1/s1. The van der Waals surface area contributed by atoms with Gasteiger partial charge in [0.05, 0.1) is 29.9 Å². The van der Waals surface area contributed by atoms with Crippen molar-refractivity contribution in [1.29, 1.82) is 0 Å². The van der Waals surface area contributed by atoms with Gasteiger partial charge in [0.25, 0.3) is 0 Å². The summed E-state index contributed by atoms with van der Waals surface area (Å²) in [5.41, 5.74) is 2.47. The molecule has 0 aliphatic heterocycles. The molecule has 6 nitrogen and oxygen atoms in total. The van der Waals surface area contributed by atoms with Crippen LogP contribution in [0.25, 0.3) is 11.3 Å². The van der Waals surface area contributed by atoms with Crippen LogP contribution in [0.3, 0.4) is 0 Å². The van der Waals surface area contributed by atoms with E-state index in [0.717, 1.165) is 23.4 Å². The molecule has 0 spiro atoms. The van der Waals surface area contributed by atoms with Crippen molar-refractivity contribution in [2.75, 3.05) is 18.5 Å². The quantitative estimate of drug-likeness (QED) is 0.270. The Hall–Kier alpha value is -3.59. The molecule has 0 saturated carbocycles. The molecule has 0 unspecified atom stereocenters.